The number of thiophene rings is 1. The lowest BCUT2D eigenvalue weighted by atomic mass is 10.0. The second kappa shape index (κ2) is 8.87. The number of halogens is 1. The number of hydrogen-bond donors (Lipinski definition) is 0. The lowest BCUT2D eigenvalue weighted by Gasteiger charge is -2.08. The van der Waals surface area contributed by atoms with Crippen LogP contribution in [-0.4, -0.2) is 15.0 Å². The molecule has 6 rings (SSSR count). The number of nitrogens with zero attached hydrogens (tertiary/aromatic N) is 5. The Hall–Kier alpha value is -4.62. The van der Waals surface area contributed by atoms with E-state index in [2.05, 4.69) is 58.5 Å². The van der Waals surface area contributed by atoms with Gasteiger partial charge in [-0.25, -0.2) is 4.98 Å². The van der Waals surface area contributed by atoms with E-state index in [1.165, 1.54) is 16.3 Å². The first-order chi connectivity index (χ1) is 17.6. The summed E-state index contributed by atoms with van der Waals surface area (Å²) >= 11 is 8.09. The van der Waals surface area contributed by atoms with Crippen LogP contribution in [0.1, 0.15) is 11.1 Å². The van der Waals surface area contributed by atoms with Crippen LogP contribution in [0.3, 0.4) is 0 Å². The molecular weight excluding hydrogens is 486 g/mol. The predicted molar refractivity (Wildman–Crippen MR) is 143 cm³/mol. The second-order valence-corrected chi connectivity index (χ2v) is 9.49. The average molecular weight is 500 g/mol. The van der Waals surface area contributed by atoms with Crippen molar-refractivity contribution in [2.24, 2.45) is 0 Å². The molecule has 0 atom stereocenters. The van der Waals surface area contributed by atoms with E-state index in [1.54, 1.807) is 23.5 Å². The Balaban J connectivity index is 1.59. The number of hydrogen-bond acceptors (Lipinski definition) is 6. The molecule has 0 aliphatic rings. The van der Waals surface area contributed by atoms with Gasteiger partial charge in [0.1, 0.15) is 0 Å². The van der Waals surface area contributed by atoms with Crippen LogP contribution in [0.15, 0.2) is 84.9 Å². The molecule has 2 aromatic heterocycles. The van der Waals surface area contributed by atoms with Crippen LogP contribution in [-0.2, 0) is 0 Å². The van der Waals surface area contributed by atoms with Gasteiger partial charge < -0.3 is 0 Å². The summed E-state index contributed by atoms with van der Waals surface area (Å²) in [5.74, 6) is 0.737. The van der Waals surface area contributed by atoms with Gasteiger partial charge in [-0.15, -0.1) is 11.3 Å². The molecule has 36 heavy (non-hydrogen) atoms. The molecule has 0 amide bonds. The van der Waals surface area contributed by atoms with Gasteiger partial charge in [0.2, 0.25) is 5.28 Å². The molecule has 0 saturated carbocycles. The van der Waals surface area contributed by atoms with Crippen molar-refractivity contribution < 1.29 is 0 Å². The highest BCUT2D eigenvalue weighted by Crippen LogP contribution is 2.43. The maximum Gasteiger partial charge on any atom is 0.226 e. The lowest BCUT2D eigenvalue weighted by molar-refractivity contribution is 1.07. The zero-order chi connectivity index (χ0) is 24.6. The van der Waals surface area contributed by atoms with E-state index in [0.717, 1.165) is 26.6 Å². The Morgan fingerprint density at radius 3 is 2.11 bits per heavy atom. The summed E-state index contributed by atoms with van der Waals surface area (Å²) < 4.78 is 2.30. The molecule has 5 nitrogen and oxygen atoms in total. The Bertz CT molecular complexity index is 1850. The fraction of sp³-hybridized carbons (Fsp3) is 0. The van der Waals surface area contributed by atoms with Crippen LogP contribution < -0.4 is 0 Å². The zero-order valence-corrected chi connectivity index (χ0v) is 20.2. The summed E-state index contributed by atoms with van der Waals surface area (Å²) in [4.78, 5) is 13.5. The average Bonchev–Trinajstić information content (AvgIpc) is 3.32. The molecular formula is C29H14ClN5S. The van der Waals surface area contributed by atoms with Gasteiger partial charge in [-0.3, -0.25) is 0 Å². The number of aromatic nitrogens is 3. The summed E-state index contributed by atoms with van der Waals surface area (Å²) in [5.41, 5.74) is 4.40. The fourth-order valence-electron chi connectivity index (χ4n) is 4.36. The monoisotopic (exact) mass is 499 g/mol. The molecule has 0 saturated heterocycles. The van der Waals surface area contributed by atoms with Gasteiger partial charge in [0.05, 0.1) is 23.3 Å². The Labute approximate surface area is 215 Å². The number of nitriles is 2. The molecule has 4 aromatic carbocycles. The van der Waals surface area contributed by atoms with Crippen LogP contribution in [0.25, 0.3) is 54.1 Å². The van der Waals surface area contributed by atoms with Crippen LogP contribution >= 0.6 is 22.9 Å². The molecule has 0 unspecified atom stereocenters. The van der Waals surface area contributed by atoms with E-state index in [0.29, 0.717) is 28.3 Å². The molecule has 0 radical (unpaired) electrons. The van der Waals surface area contributed by atoms with Gasteiger partial charge >= 0.3 is 0 Å². The normalized spacial score (nSPS) is 10.9. The lowest BCUT2D eigenvalue weighted by Crippen LogP contribution is -1.98. The third-order valence-electron chi connectivity index (χ3n) is 5.91. The quantitative estimate of drug-likeness (QED) is 0.249. The molecule has 0 aliphatic heterocycles. The van der Waals surface area contributed by atoms with E-state index in [1.807, 2.05) is 30.3 Å². The van der Waals surface area contributed by atoms with E-state index >= 15 is 0 Å². The van der Waals surface area contributed by atoms with Gasteiger partial charge in [0.25, 0.3) is 0 Å². The molecule has 6 aromatic rings. The van der Waals surface area contributed by atoms with Gasteiger partial charge in [0.15, 0.2) is 11.6 Å². The van der Waals surface area contributed by atoms with Gasteiger partial charge in [-0.05, 0) is 47.0 Å². The molecule has 0 fully saturated rings. The first-order valence-electron chi connectivity index (χ1n) is 11.0. The molecule has 168 valence electrons. The summed E-state index contributed by atoms with van der Waals surface area (Å²) in [7, 11) is 0. The zero-order valence-electron chi connectivity index (χ0n) is 18.6. The van der Waals surface area contributed by atoms with Crippen molar-refractivity contribution in [3.8, 4) is 46.0 Å². The standard InChI is InChI=1S/C29H14ClN5S/c30-29-34-27(20-13-17(15-31)12-18(14-20)16-32)33-28(35-29)23-10-5-11-24-25(23)22-9-4-8-21(26(22)36-24)19-6-2-1-3-7-19/h1-14H. The Morgan fingerprint density at radius 1 is 0.667 bits per heavy atom. The highest BCUT2D eigenvalue weighted by Gasteiger charge is 2.17. The molecule has 7 heteroatoms. The summed E-state index contributed by atoms with van der Waals surface area (Å²) in [6.45, 7) is 0. The van der Waals surface area contributed by atoms with Crippen molar-refractivity contribution in [1.29, 1.82) is 10.5 Å². The van der Waals surface area contributed by atoms with Gasteiger partial charge in [-0.2, -0.15) is 20.5 Å². The number of fused-ring (bicyclic) bond motifs is 3. The molecule has 0 spiro atoms. The number of benzene rings is 4. The highest BCUT2D eigenvalue weighted by molar-refractivity contribution is 7.26. The van der Waals surface area contributed by atoms with Crippen molar-refractivity contribution in [1.82, 2.24) is 15.0 Å². The molecule has 0 N–H and O–H groups in total. The SMILES string of the molecule is N#Cc1cc(C#N)cc(-c2nc(Cl)nc(-c3cccc4sc5c(-c6ccccc6)cccc5c34)n2)c1. The van der Waals surface area contributed by atoms with Crippen LogP contribution in [0.4, 0.5) is 0 Å². The molecule has 2 heterocycles. The summed E-state index contributed by atoms with van der Waals surface area (Å²) in [6, 6.07) is 31.7. The van der Waals surface area contributed by atoms with Crippen LogP contribution in [0, 0.1) is 22.7 Å². The minimum Gasteiger partial charge on any atom is -0.208 e. The third kappa shape index (κ3) is 3.76. The first kappa shape index (κ1) is 21.9. The summed E-state index contributed by atoms with van der Waals surface area (Å²) in [5, 5.41) is 21.0. The molecule has 0 aliphatic carbocycles. The number of rotatable bonds is 3. The highest BCUT2D eigenvalue weighted by atomic mass is 35.5. The summed E-state index contributed by atoms with van der Waals surface area (Å²) in [6.07, 6.45) is 0. The maximum absolute atomic E-state index is 9.38. The molecule has 0 bridgehead atoms. The van der Waals surface area contributed by atoms with Crippen molar-refractivity contribution >= 4 is 43.1 Å². The van der Waals surface area contributed by atoms with E-state index in [9.17, 15) is 10.5 Å². The first-order valence-corrected chi connectivity index (χ1v) is 12.2. The third-order valence-corrected chi connectivity index (χ3v) is 7.28. The van der Waals surface area contributed by atoms with E-state index in [-0.39, 0.29) is 5.28 Å². The topological polar surface area (TPSA) is 86.2 Å². The minimum absolute atomic E-state index is 0.0392. The van der Waals surface area contributed by atoms with Crippen molar-refractivity contribution in [2.45, 2.75) is 0 Å². The van der Waals surface area contributed by atoms with Gasteiger partial charge in [-0.1, -0.05) is 60.7 Å². The fourth-order valence-corrected chi connectivity index (χ4v) is 5.79. The second-order valence-electron chi connectivity index (χ2n) is 8.10. The van der Waals surface area contributed by atoms with Crippen molar-refractivity contribution in [2.75, 3.05) is 0 Å². The Kier molecular flexibility index (Phi) is 5.39. The largest absolute Gasteiger partial charge is 0.226 e. The van der Waals surface area contributed by atoms with Crippen LogP contribution in [0.2, 0.25) is 5.28 Å². The van der Waals surface area contributed by atoms with E-state index < -0.39 is 0 Å². The maximum atomic E-state index is 9.38. The van der Waals surface area contributed by atoms with E-state index in [4.69, 9.17) is 16.6 Å². The van der Waals surface area contributed by atoms with Crippen LogP contribution in [0.5, 0.6) is 0 Å². The minimum atomic E-state index is 0.0392. The smallest absolute Gasteiger partial charge is 0.208 e. The predicted octanol–water partition coefficient (Wildman–Crippen LogP) is 7.64. The Morgan fingerprint density at radius 2 is 1.36 bits per heavy atom. The van der Waals surface area contributed by atoms with Crippen molar-refractivity contribution in [3.63, 3.8) is 0 Å². The van der Waals surface area contributed by atoms with Gasteiger partial charge in [0, 0.05) is 31.3 Å². The van der Waals surface area contributed by atoms with Crippen molar-refractivity contribution in [3.05, 3.63) is 101 Å².